The highest BCUT2D eigenvalue weighted by atomic mass is 32.2. The lowest BCUT2D eigenvalue weighted by molar-refractivity contribution is -0.0426. The molecule has 1 saturated heterocycles. The Morgan fingerprint density at radius 1 is 1.37 bits per heavy atom. The van der Waals surface area contributed by atoms with Gasteiger partial charge >= 0.3 is 5.97 Å². The van der Waals surface area contributed by atoms with Crippen molar-refractivity contribution in [2.24, 2.45) is 0 Å². The van der Waals surface area contributed by atoms with Crippen molar-refractivity contribution >= 4 is 16.0 Å². The van der Waals surface area contributed by atoms with Gasteiger partial charge < -0.3 is 10.2 Å². The third kappa shape index (κ3) is 2.49. The largest absolute Gasteiger partial charge is 0.478 e. The monoisotopic (exact) mass is 285 g/mol. The van der Waals surface area contributed by atoms with Gasteiger partial charge in [-0.15, -0.1) is 0 Å². The molecule has 19 heavy (non-hydrogen) atoms. The zero-order chi connectivity index (χ0) is 14.4. The van der Waals surface area contributed by atoms with Gasteiger partial charge in [-0.25, -0.2) is 13.2 Å². The van der Waals surface area contributed by atoms with Gasteiger partial charge in [0.1, 0.15) is 0 Å². The third-order valence-corrected chi connectivity index (χ3v) is 4.90. The van der Waals surface area contributed by atoms with Crippen LogP contribution in [0.1, 0.15) is 22.8 Å². The SMILES string of the molecule is Cc1ccc(S(=O)(=O)N2CC(C)(O)C2)cc1C(=O)O. The molecule has 6 nitrogen and oxygen atoms in total. The van der Waals surface area contributed by atoms with E-state index in [1.165, 1.54) is 12.1 Å². The second-order valence-electron chi connectivity index (χ2n) is 5.05. The molecule has 1 fully saturated rings. The topological polar surface area (TPSA) is 94.9 Å². The highest BCUT2D eigenvalue weighted by Crippen LogP contribution is 2.28. The van der Waals surface area contributed by atoms with E-state index in [1.54, 1.807) is 13.8 Å². The van der Waals surface area contributed by atoms with E-state index in [9.17, 15) is 18.3 Å². The van der Waals surface area contributed by atoms with E-state index in [4.69, 9.17) is 5.11 Å². The summed E-state index contributed by atoms with van der Waals surface area (Å²) in [5.74, 6) is -1.16. The van der Waals surface area contributed by atoms with Crippen LogP contribution in [0.4, 0.5) is 0 Å². The Morgan fingerprint density at radius 2 is 1.95 bits per heavy atom. The first-order chi connectivity index (χ1) is 8.63. The number of aromatic carboxylic acids is 1. The summed E-state index contributed by atoms with van der Waals surface area (Å²) in [5, 5.41) is 18.6. The first-order valence-corrected chi connectivity index (χ1v) is 7.14. The average Bonchev–Trinajstić information content (AvgIpc) is 2.25. The minimum atomic E-state index is -3.74. The van der Waals surface area contributed by atoms with E-state index < -0.39 is 21.6 Å². The van der Waals surface area contributed by atoms with Gasteiger partial charge in [-0.2, -0.15) is 4.31 Å². The van der Waals surface area contributed by atoms with Crippen molar-refractivity contribution in [3.63, 3.8) is 0 Å². The number of nitrogens with zero attached hydrogens (tertiary/aromatic N) is 1. The van der Waals surface area contributed by atoms with Crippen LogP contribution < -0.4 is 0 Å². The molecule has 1 aromatic rings. The summed E-state index contributed by atoms with van der Waals surface area (Å²) in [6.45, 7) is 3.20. The summed E-state index contributed by atoms with van der Waals surface area (Å²) < 4.78 is 25.5. The molecule has 1 aliphatic heterocycles. The van der Waals surface area contributed by atoms with Gasteiger partial charge in [-0.05, 0) is 31.5 Å². The van der Waals surface area contributed by atoms with Crippen LogP contribution in [0.5, 0.6) is 0 Å². The maximum absolute atomic E-state index is 12.2. The molecule has 0 radical (unpaired) electrons. The number of hydrogen-bond donors (Lipinski definition) is 2. The molecule has 2 rings (SSSR count). The van der Waals surface area contributed by atoms with Crippen molar-refractivity contribution in [3.8, 4) is 0 Å². The fourth-order valence-electron chi connectivity index (χ4n) is 2.02. The molecule has 104 valence electrons. The number of hydrogen-bond acceptors (Lipinski definition) is 4. The van der Waals surface area contributed by atoms with Gasteiger partial charge in [0.25, 0.3) is 0 Å². The van der Waals surface area contributed by atoms with Crippen LogP contribution in [0, 0.1) is 6.92 Å². The molecule has 0 aromatic heterocycles. The van der Waals surface area contributed by atoms with E-state index in [0.29, 0.717) is 5.56 Å². The van der Waals surface area contributed by atoms with Crippen LogP contribution in [-0.4, -0.2) is 47.6 Å². The molecule has 0 aliphatic carbocycles. The first kappa shape index (κ1) is 14.0. The second kappa shape index (κ2) is 4.29. The summed E-state index contributed by atoms with van der Waals surface area (Å²) in [6.07, 6.45) is 0. The molecule has 0 unspecified atom stereocenters. The minimum Gasteiger partial charge on any atom is -0.478 e. The smallest absolute Gasteiger partial charge is 0.335 e. The van der Waals surface area contributed by atoms with Crippen molar-refractivity contribution in [3.05, 3.63) is 29.3 Å². The Labute approximate surface area is 111 Å². The van der Waals surface area contributed by atoms with Crippen molar-refractivity contribution in [1.82, 2.24) is 4.31 Å². The summed E-state index contributed by atoms with van der Waals surface area (Å²) in [4.78, 5) is 10.9. The summed E-state index contributed by atoms with van der Waals surface area (Å²) in [5.41, 5.74) is -0.539. The first-order valence-electron chi connectivity index (χ1n) is 5.70. The van der Waals surface area contributed by atoms with Crippen LogP contribution in [0.2, 0.25) is 0 Å². The lowest BCUT2D eigenvalue weighted by atomic mass is 10.0. The molecule has 7 heteroatoms. The van der Waals surface area contributed by atoms with Gasteiger partial charge in [0, 0.05) is 13.1 Å². The Balaban J connectivity index is 2.37. The van der Waals surface area contributed by atoms with E-state index in [0.717, 1.165) is 10.4 Å². The van der Waals surface area contributed by atoms with Crippen LogP contribution in [0.3, 0.4) is 0 Å². The predicted octanol–water partition coefficient (Wildman–Crippen LogP) is 0.449. The number of rotatable bonds is 3. The van der Waals surface area contributed by atoms with Crippen LogP contribution >= 0.6 is 0 Å². The van der Waals surface area contributed by atoms with Crippen LogP contribution in [-0.2, 0) is 10.0 Å². The van der Waals surface area contributed by atoms with Gasteiger partial charge in [0.05, 0.1) is 16.1 Å². The maximum atomic E-state index is 12.2. The Bertz CT molecular complexity index is 628. The van der Waals surface area contributed by atoms with Crippen molar-refractivity contribution in [2.45, 2.75) is 24.3 Å². The zero-order valence-corrected chi connectivity index (χ0v) is 11.4. The zero-order valence-electron chi connectivity index (χ0n) is 10.6. The number of carboxylic acids is 1. The second-order valence-corrected chi connectivity index (χ2v) is 6.99. The number of sulfonamides is 1. The van der Waals surface area contributed by atoms with Crippen molar-refractivity contribution in [1.29, 1.82) is 0 Å². The average molecular weight is 285 g/mol. The standard InChI is InChI=1S/C12H15NO5S/c1-8-3-4-9(5-10(8)11(14)15)19(17,18)13-6-12(2,16)7-13/h3-5,16H,6-7H2,1-2H3,(H,14,15). The van der Waals surface area contributed by atoms with E-state index >= 15 is 0 Å². The fraction of sp³-hybridized carbons (Fsp3) is 0.417. The Morgan fingerprint density at radius 3 is 2.42 bits per heavy atom. The lowest BCUT2D eigenvalue weighted by Gasteiger charge is -2.42. The predicted molar refractivity (Wildman–Crippen MR) is 67.5 cm³/mol. The Hall–Kier alpha value is -1.44. The number of β-amino-alcohol motifs (C(OH)–C–C–N with tert-alkyl or cyclic N) is 1. The summed E-state index contributed by atoms with van der Waals surface area (Å²) >= 11 is 0. The molecule has 0 amide bonds. The quantitative estimate of drug-likeness (QED) is 0.840. The fourth-order valence-corrected chi connectivity index (χ4v) is 3.73. The van der Waals surface area contributed by atoms with Gasteiger partial charge in [-0.3, -0.25) is 0 Å². The highest BCUT2D eigenvalue weighted by molar-refractivity contribution is 7.89. The third-order valence-electron chi connectivity index (χ3n) is 3.11. The molecule has 1 aliphatic rings. The normalized spacial score (nSPS) is 18.9. The van der Waals surface area contributed by atoms with Crippen LogP contribution in [0.25, 0.3) is 0 Å². The highest BCUT2D eigenvalue weighted by Gasteiger charge is 2.44. The van der Waals surface area contributed by atoms with Crippen molar-refractivity contribution in [2.75, 3.05) is 13.1 Å². The Kier molecular flexibility index (Phi) is 3.16. The summed E-state index contributed by atoms with van der Waals surface area (Å²) in [7, 11) is -3.74. The molecule has 2 N–H and O–H groups in total. The van der Waals surface area contributed by atoms with E-state index in [-0.39, 0.29) is 23.5 Å². The molecule has 1 heterocycles. The molecular weight excluding hydrogens is 270 g/mol. The molecule has 0 spiro atoms. The molecule has 1 aromatic carbocycles. The van der Waals surface area contributed by atoms with Crippen LogP contribution in [0.15, 0.2) is 23.1 Å². The van der Waals surface area contributed by atoms with E-state index in [2.05, 4.69) is 0 Å². The van der Waals surface area contributed by atoms with Crippen molar-refractivity contribution < 1.29 is 23.4 Å². The molecule has 0 bridgehead atoms. The molecular formula is C12H15NO5S. The minimum absolute atomic E-state index is 0.0195. The molecule has 0 atom stereocenters. The van der Waals surface area contributed by atoms with Gasteiger partial charge in [0.2, 0.25) is 10.0 Å². The molecule has 0 saturated carbocycles. The number of aryl methyl sites for hydroxylation is 1. The number of benzene rings is 1. The van der Waals surface area contributed by atoms with E-state index in [1.807, 2.05) is 0 Å². The lowest BCUT2D eigenvalue weighted by Crippen LogP contribution is -2.61. The summed E-state index contributed by atoms with van der Waals surface area (Å²) in [6, 6.07) is 4.00. The number of carbonyl (C=O) groups is 1. The maximum Gasteiger partial charge on any atom is 0.335 e. The van der Waals surface area contributed by atoms with Gasteiger partial charge in [-0.1, -0.05) is 6.07 Å². The number of carboxylic acid groups (broad SMARTS) is 1. The number of aliphatic hydroxyl groups is 1. The van der Waals surface area contributed by atoms with Gasteiger partial charge in [0.15, 0.2) is 0 Å².